The van der Waals surface area contributed by atoms with Gasteiger partial charge in [0.15, 0.2) is 5.43 Å². The van der Waals surface area contributed by atoms with Gasteiger partial charge in [0, 0.05) is 18.3 Å². The minimum Gasteiger partial charge on any atom is -0.316 e. The zero-order chi connectivity index (χ0) is 12.5. The average molecular weight is 235 g/mol. The summed E-state index contributed by atoms with van der Waals surface area (Å²) < 4.78 is 2.06. The molecule has 0 saturated heterocycles. The fourth-order valence-corrected chi connectivity index (χ4v) is 2.23. The summed E-state index contributed by atoms with van der Waals surface area (Å²) in [4.78, 5) is 11.8. The number of benzene rings is 1. The molecule has 2 heterocycles. The van der Waals surface area contributed by atoms with Crippen LogP contribution in [0.25, 0.3) is 16.8 Å². The van der Waals surface area contributed by atoms with Crippen molar-refractivity contribution in [2.75, 3.05) is 0 Å². The molecule has 0 aliphatic heterocycles. The molecule has 2 heteroatoms. The van der Waals surface area contributed by atoms with Crippen LogP contribution in [-0.2, 0) is 0 Å². The van der Waals surface area contributed by atoms with E-state index in [0.717, 1.165) is 22.3 Å². The molecule has 3 rings (SSSR count). The molecule has 88 valence electrons. The highest BCUT2D eigenvalue weighted by molar-refractivity contribution is 5.66. The van der Waals surface area contributed by atoms with Crippen LogP contribution in [0.4, 0.5) is 0 Å². The molecule has 0 spiro atoms. The second-order valence-corrected chi connectivity index (χ2v) is 4.39. The number of fused-ring (bicyclic) bond motifs is 1. The van der Waals surface area contributed by atoms with Crippen LogP contribution in [-0.4, -0.2) is 4.40 Å². The summed E-state index contributed by atoms with van der Waals surface area (Å²) in [5.41, 5.74) is 4.09. The molecule has 0 aliphatic rings. The molecule has 0 unspecified atom stereocenters. The maximum absolute atomic E-state index is 11.8. The highest BCUT2D eigenvalue weighted by atomic mass is 16.1. The number of nitrogens with zero attached hydrogens (tertiary/aromatic N) is 1. The van der Waals surface area contributed by atoms with Gasteiger partial charge in [-0.05, 0) is 24.1 Å². The predicted molar refractivity (Wildman–Crippen MR) is 73.8 cm³/mol. The Labute approximate surface area is 105 Å². The minimum atomic E-state index is 0.0446. The van der Waals surface area contributed by atoms with Crippen LogP contribution < -0.4 is 5.43 Å². The summed E-state index contributed by atoms with van der Waals surface area (Å²) in [5, 5.41) is 0. The first-order valence-electron chi connectivity index (χ1n) is 5.93. The van der Waals surface area contributed by atoms with E-state index in [1.54, 1.807) is 12.1 Å². The predicted octanol–water partition coefficient (Wildman–Crippen LogP) is 3.27. The van der Waals surface area contributed by atoms with Crippen LogP contribution in [0.1, 0.15) is 5.56 Å². The van der Waals surface area contributed by atoms with Crippen LogP contribution in [0.2, 0.25) is 0 Å². The summed E-state index contributed by atoms with van der Waals surface area (Å²) in [6, 6.07) is 17.4. The summed E-state index contributed by atoms with van der Waals surface area (Å²) in [6.45, 7) is 2.02. The molecule has 0 bridgehead atoms. The number of hydrogen-bond acceptors (Lipinski definition) is 1. The van der Waals surface area contributed by atoms with Gasteiger partial charge >= 0.3 is 0 Å². The second kappa shape index (κ2) is 4.15. The fraction of sp³-hybridized carbons (Fsp3) is 0.0625. The number of aryl methyl sites for hydroxylation is 1. The SMILES string of the molecule is Cc1cccn2c(-c3ccccc3)cc(=O)cc12. The molecule has 0 radical (unpaired) electrons. The summed E-state index contributed by atoms with van der Waals surface area (Å²) in [6.07, 6.45) is 1.99. The van der Waals surface area contributed by atoms with E-state index in [-0.39, 0.29) is 5.43 Å². The van der Waals surface area contributed by atoms with Crippen molar-refractivity contribution in [1.82, 2.24) is 4.40 Å². The quantitative estimate of drug-likeness (QED) is 0.634. The third kappa shape index (κ3) is 1.72. The van der Waals surface area contributed by atoms with Crippen LogP contribution in [0.5, 0.6) is 0 Å². The highest BCUT2D eigenvalue weighted by Crippen LogP contribution is 2.20. The zero-order valence-electron chi connectivity index (χ0n) is 10.1. The standard InChI is InChI=1S/C16H13NO/c1-12-6-5-9-17-15(12)10-14(18)11-16(17)13-7-3-2-4-8-13/h2-11H,1H3. The van der Waals surface area contributed by atoms with Gasteiger partial charge in [0.2, 0.25) is 0 Å². The molecule has 0 amide bonds. The maximum Gasteiger partial charge on any atom is 0.182 e. The monoisotopic (exact) mass is 235 g/mol. The lowest BCUT2D eigenvalue weighted by Crippen LogP contribution is -2.05. The van der Waals surface area contributed by atoms with Crippen LogP contribution in [0, 0.1) is 6.92 Å². The first-order valence-corrected chi connectivity index (χ1v) is 5.93. The van der Waals surface area contributed by atoms with Gasteiger partial charge in [-0.3, -0.25) is 4.79 Å². The van der Waals surface area contributed by atoms with Gasteiger partial charge in [0.25, 0.3) is 0 Å². The van der Waals surface area contributed by atoms with Gasteiger partial charge in [0.05, 0.1) is 11.2 Å². The Morgan fingerprint density at radius 1 is 0.944 bits per heavy atom. The van der Waals surface area contributed by atoms with Crippen molar-refractivity contribution in [1.29, 1.82) is 0 Å². The number of aromatic nitrogens is 1. The van der Waals surface area contributed by atoms with E-state index in [1.165, 1.54) is 0 Å². The Balaban J connectivity index is 2.43. The number of hydrogen-bond donors (Lipinski definition) is 0. The van der Waals surface area contributed by atoms with Gasteiger partial charge < -0.3 is 4.40 Å². The molecule has 0 saturated carbocycles. The van der Waals surface area contributed by atoms with E-state index in [1.807, 2.05) is 55.6 Å². The van der Waals surface area contributed by atoms with E-state index in [0.29, 0.717) is 0 Å². The van der Waals surface area contributed by atoms with E-state index < -0.39 is 0 Å². The maximum atomic E-state index is 11.8. The van der Waals surface area contributed by atoms with Gasteiger partial charge in [0.1, 0.15) is 0 Å². The molecule has 18 heavy (non-hydrogen) atoms. The zero-order valence-corrected chi connectivity index (χ0v) is 10.1. The smallest absolute Gasteiger partial charge is 0.182 e. The van der Waals surface area contributed by atoms with Crippen LogP contribution in [0.3, 0.4) is 0 Å². The highest BCUT2D eigenvalue weighted by Gasteiger charge is 2.05. The van der Waals surface area contributed by atoms with E-state index in [4.69, 9.17) is 0 Å². The summed E-state index contributed by atoms with van der Waals surface area (Å²) in [7, 11) is 0. The van der Waals surface area contributed by atoms with E-state index in [2.05, 4.69) is 4.40 Å². The van der Waals surface area contributed by atoms with Crippen LogP contribution >= 0.6 is 0 Å². The van der Waals surface area contributed by atoms with Crippen molar-refractivity contribution in [3.8, 4) is 11.3 Å². The molecular weight excluding hydrogens is 222 g/mol. The second-order valence-electron chi connectivity index (χ2n) is 4.39. The van der Waals surface area contributed by atoms with Gasteiger partial charge in [-0.15, -0.1) is 0 Å². The largest absolute Gasteiger partial charge is 0.316 e. The molecule has 0 N–H and O–H groups in total. The molecular formula is C16H13NO. The average Bonchev–Trinajstić information content (AvgIpc) is 2.40. The molecule has 0 fully saturated rings. The molecule has 0 aliphatic carbocycles. The van der Waals surface area contributed by atoms with Crippen molar-refractivity contribution < 1.29 is 0 Å². The van der Waals surface area contributed by atoms with Crippen LogP contribution in [0.15, 0.2) is 65.6 Å². The topological polar surface area (TPSA) is 21.5 Å². The summed E-state index contributed by atoms with van der Waals surface area (Å²) >= 11 is 0. The number of pyridine rings is 2. The van der Waals surface area contributed by atoms with E-state index >= 15 is 0 Å². The minimum absolute atomic E-state index is 0.0446. The Morgan fingerprint density at radius 2 is 1.72 bits per heavy atom. The fourth-order valence-electron chi connectivity index (χ4n) is 2.23. The van der Waals surface area contributed by atoms with Crippen molar-refractivity contribution in [2.24, 2.45) is 0 Å². The third-order valence-electron chi connectivity index (χ3n) is 3.13. The van der Waals surface area contributed by atoms with Crippen molar-refractivity contribution in [3.63, 3.8) is 0 Å². The molecule has 0 atom stereocenters. The Morgan fingerprint density at radius 3 is 2.50 bits per heavy atom. The Hall–Kier alpha value is -2.35. The van der Waals surface area contributed by atoms with Crippen molar-refractivity contribution in [3.05, 3.63) is 76.6 Å². The van der Waals surface area contributed by atoms with Gasteiger partial charge in [-0.25, -0.2) is 0 Å². The molecule has 2 nitrogen and oxygen atoms in total. The Kier molecular flexibility index (Phi) is 2.49. The molecule has 2 aromatic heterocycles. The lowest BCUT2D eigenvalue weighted by atomic mass is 10.1. The Bertz CT molecular complexity index is 757. The van der Waals surface area contributed by atoms with Crippen molar-refractivity contribution in [2.45, 2.75) is 6.92 Å². The normalized spacial score (nSPS) is 10.7. The molecule has 3 aromatic rings. The third-order valence-corrected chi connectivity index (χ3v) is 3.13. The number of rotatable bonds is 1. The lowest BCUT2D eigenvalue weighted by Gasteiger charge is -2.10. The summed E-state index contributed by atoms with van der Waals surface area (Å²) in [5.74, 6) is 0. The van der Waals surface area contributed by atoms with E-state index in [9.17, 15) is 4.79 Å². The van der Waals surface area contributed by atoms with Gasteiger partial charge in [-0.2, -0.15) is 0 Å². The van der Waals surface area contributed by atoms with Gasteiger partial charge in [-0.1, -0.05) is 36.4 Å². The van der Waals surface area contributed by atoms with Crippen molar-refractivity contribution >= 4 is 5.52 Å². The first-order chi connectivity index (χ1) is 8.75. The lowest BCUT2D eigenvalue weighted by molar-refractivity contribution is 1.14. The molecule has 1 aromatic carbocycles. The first kappa shape index (κ1) is 10.8.